The lowest BCUT2D eigenvalue weighted by atomic mass is 9.99. The number of nitrogens with zero attached hydrogens (tertiary/aromatic N) is 4. The predicted molar refractivity (Wildman–Crippen MR) is 225 cm³/mol. The predicted octanol–water partition coefficient (Wildman–Crippen LogP) is 7.62. The number of methoxy groups -OCH3 is 2. The second kappa shape index (κ2) is 17.4. The third kappa shape index (κ3) is 8.67. The molecule has 0 aliphatic carbocycles. The zero-order chi connectivity index (χ0) is 42.0. The topological polar surface area (TPSA) is 175 Å². The molecule has 5 aromatic rings. The van der Waals surface area contributed by atoms with Gasteiger partial charge in [-0.25, -0.2) is 19.6 Å². The lowest BCUT2D eigenvalue weighted by Crippen LogP contribution is -2.51. The van der Waals surface area contributed by atoms with Crippen LogP contribution in [0, 0.1) is 17.8 Å². The number of rotatable bonds is 11. The van der Waals surface area contributed by atoms with Crippen molar-refractivity contribution in [2.75, 3.05) is 27.3 Å². The summed E-state index contributed by atoms with van der Waals surface area (Å²) >= 11 is 0. The van der Waals surface area contributed by atoms with E-state index in [1.807, 2.05) is 42.8 Å². The minimum Gasteiger partial charge on any atom is -0.453 e. The van der Waals surface area contributed by atoms with Crippen LogP contribution in [0.5, 0.6) is 0 Å². The average molecular weight is 803 g/mol. The van der Waals surface area contributed by atoms with Crippen molar-refractivity contribution in [1.82, 2.24) is 40.4 Å². The molecule has 2 aliphatic heterocycles. The molecular formula is C45H54N8O6. The number of hydrogen-bond acceptors (Lipinski definition) is 8. The number of ether oxygens (including phenoxy) is 2. The largest absolute Gasteiger partial charge is 0.453 e. The first-order valence-electron chi connectivity index (χ1n) is 20.4. The molecule has 2 saturated heterocycles. The molecule has 2 aromatic heterocycles. The van der Waals surface area contributed by atoms with Gasteiger partial charge in [-0.05, 0) is 77.0 Å². The van der Waals surface area contributed by atoms with E-state index in [0.717, 1.165) is 69.0 Å². The number of benzene rings is 3. The summed E-state index contributed by atoms with van der Waals surface area (Å²) in [4.78, 5) is 71.4. The number of amides is 4. The lowest BCUT2D eigenvalue weighted by molar-refractivity contribution is -0.136. The molecule has 4 N–H and O–H groups in total. The SMILES string of the molecule is CCC(NC(=O)OC)C(=O)N1CC(C)CC1c1nc2ccc(-c3ccc(-c4ccc(-c5cnc(C6CC(C)CN6C(=O)C(NC(=O)OC)C(C)C)[nH]5)cc4)cc3)cc2[nH]1. The molecule has 0 spiro atoms. The molecule has 14 heteroatoms. The number of carbonyl (C=O) groups is 4. The molecule has 4 amide bonds. The standard InChI is InChI=1S/C45H54N8O6/c1-8-33(50-44(56)58-6)42(54)52-23-27(5)20-38(52)41-47-34-18-17-32(21-35(34)48-41)30-11-9-28(10-12-30)29-13-15-31(16-14-29)36-22-46-40(49-36)37-19-26(4)24-53(37)43(55)39(25(2)3)51-45(57)59-7/h9-18,21-22,25-27,33,37-39H,8,19-20,23-24H2,1-7H3,(H,46,49)(H,47,48)(H,50,56)(H,51,57). The van der Waals surface area contributed by atoms with E-state index in [0.29, 0.717) is 19.5 Å². The van der Waals surface area contributed by atoms with Gasteiger partial charge in [0.15, 0.2) is 0 Å². The zero-order valence-corrected chi connectivity index (χ0v) is 34.7. The van der Waals surface area contributed by atoms with Crippen molar-refractivity contribution in [1.29, 1.82) is 0 Å². The van der Waals surface area contributed by atoms with Crippen LogP contribution in [0.25, 0.3) is 44.5 Å². The van der Waals surface area contributed by atoms with Gasteiger partial charge in [-0.3, -0.25) is 9.59 Å². The smallest absolute Gasteiger partial charge is 0.407 e. The molecule has 6 atom stereocenters. The minimum atomic E-state index is -0.698. The summed E-state index contributed by atoms with van der Waals surface area (Å²) < 4.78 is 9.53. The summed E-state index contributed by atoms with van der Waals surface area (Å²) in [6.45, 7) is 11.1. The number of aromatic nitrogens is 4. The zero-order valence-electron chi connectivity index (χ0n) is 34.7. The van der Waals surface area contributed by atoms with Crippen LogP contribution in [0.3, 0.4) is 0 Å². The van der Waals surface area contributed by atoms with Gasteiger partial charge in [-0.1, -0.05) is 89.2 Å². The molecule has 59 heavy (non-hydrogen) atoms. The monoisotopic (exact) mass is 802 g/mol. The number of likely N-dealkylation sites (tertiary alicyclic amines) is 2. The fourth-order valence-corrected chi connectivity index (χ4v) is 8.43. The summed E-state index contributed by atoms with van der Waals surface area (Å²) in [5.74, 6) is 1.64. The fraction of sp³-hybridized carbons (Fsp3) is 0.422. The van der Waals surface area contributed by atoms with Gasteiger partial charge in [0.25, 0.3) is 0 Å². The first-order chi connectivity index (χ1) is 28.4. The maximum atomic E-state index is 13.7. The Morgan fingerprint density at radius 1 is 0.729 bits per heavy atom. The number of H-pyrrole nitrogens is 2. The van der Waals surface area contributed by atoms with Crippen LogP contribution in [0.4, 0.5) is 9.59 Å². The Balaban J connectivity index is 1.03. The molecule has 2 aliphatic rings. The van der Waals surface area contributed by atoms with Crippen LogP contribution in [-0.4, -0.2) is 93.1 Å². The quantitative estimate of drug-likeness (QED) is 0.106. The van der Waals surface area contributed by atoms with E-state index < -0.39 is 24.3 Å². The van der Waals surface area contributed by atoms with Crippen LogP contribution < -0.4 is 10.6 Å². The van der Waals surface area contributed by atoms with E-state index in [9.17, 15) is 19.2 Å². The molecule has 6 unspecified atom stereocenters. The van der Waals surface area contributed by atoms with E-state index >= 15 is 0 Å². The normalized spacial score (nSPS) is 20.1. The number of alkyl carbamates (subject to hydrolysis) is 2. The van der Waals surface area contributed by atoms with Crippen LogP contribution in [0.2, 0.25) is 0 Å². The summed E-state index contributed by atoms with van der Waals surface area (Å²) in [7, 11) is 2.58. The van der Waals surface area contributed by atoms with Crippen LogP contribution in [-0.2, 0) is 19.1 Å². The molecule has 4 heterocycles. The molecule has 7 rings (SSSR count). The van der Waals surface area contributed by atoms with Gasteiger partial charge < -0.3 is 39.9 Å². The maximum absolute atomic E-state index is 13.7. The second-order valence-corrected chi connectivity index (χ2v) is 16.3. The maximum Gasteiger partial charge on any atom is 0.407 e. The van der Waals surface area contributed by atoms with Crippen molar-refractivity contribution >= 4 is 35.0 Å². The van der Waals surface area contributed by atoms with Crippen molar-refractivity contribution < 1.29 is 28.7 Å². The third-order valence-corrected chi connectivity index (χ3v) is 11.6. The number of carbonyl (C=O) groups excluding carboxylic acids is 4. The van der Waals surface area contributed by atoms with E-state index in [2.05, 4.69) is 95.1 Å². The van der Waals surface area contributed by atoms with Gasteiger partial charge in [0.2, 0.25) is 11.8 Å². The Bertz CT molecular complexity index is 2300. The first kappa shape index (κ1) is 41.0. The summed E-state index contributed by atoms with van der Waals surface area (Å²) in [5.41, 5.74) is 7.82. The molecule has 14 nitrogen and oxygen atoms in total. The van der Waals surface area contributed by atoms with Crippen LogP contribution >= 0.6 is 0 Å². The van der Waals surface area contributed by atoms with Gasteiger partial charge in [-0.2, -0.15) is 0 Å². The molecule has 0 bridgehead atoms. The van der Waals surface area contributed by atoms with Gasteiger partial charge in [0.1, 0.15) is 23.7 Å². The highest BCUT2D eigenvalue weighted by atomic mass is 16.5. The highest BCUT2D eigenvalue weighted by Gasteiger charge is 2.41. The Labute approximate surface area is 344 Å². The number of nitrogens with one attached hydrogen (secondary N) is 4. The highest BCUT2D eigenvalue weighted by molar-refractivity contribution is 5.88. The molecular weight excluding hydrogens is 749 g/mol. The number of aromatic amines is 2. The van der Waals surface area contributed by atoms with E-state index in [-0.39, 0.29) is 41.7 Å². The molecule has 310 valence electrons. The number of hydrogen-bond donors (Lipinski definition) is 4. The first-order valence-corrected chi connectivity index (χ1v) is 20.4. The van der Waals surface area contributed by atoms with Crippen LogP contribution in [0.15, 0.2) is 72.9 Å². The Kier molecular flexibility index (Phi) is 12.1. The number of imidazole rings is 2. The molecule has 0 saturated carbocycles. The fourth-order valence-electron chi connectivity index (χ4n) is 8.43. The summed E-state index contributed by atoms with van der Waals surface area (Å²) in [6.07, 6.45) is 2.57. The van der Waals surface area contributed by atoms with E-state index in [1.54, 1.807) is 0 Å². The van der Waals surface area contributed by atoms with Gasteiger partial charge in [0, 0.05) is 13.1 Å². The lowest BCUT2D eigenvalue weighted by Gasteiger charge is -2.30. The van der Waals surface area contributed by atoms with Crippen LogP contribution in [0.1, 0.15) is 77.6 Å². The third-order valence-electron chi connectivity index (χ3n) is 11.6. The molecule has 2 fully saturated rings. The van der Waals surface area contributed by atoms with Crippen molar-refractivity contribution in [3.8, 4) is 33.5 Å². The molecule has 0 radical (unpaired) electrons. The van der Waals surface area contributed by atoms with Crippen molar-refractivity contribution in [3.63, 3.8) is 0 Å². The Morgan fingerprint density at radius 3 is 1.83 bits per heavy atom. The van der Waals surface area contributed by atoms with E-state index in [1.165, 1.54) is 14.2 Å². The molecule has 3 aromatic carbocycles. The van der Waals surface area contributed by atoms with Gasteiger partial charge >= 0.3 is 12.2 Å². The van der Waals surface area contributed by atoms with Crippen molar-refractivity contribution in [2.45, 2.75) is 78.0 Å². The Hall–Kier alpha value is -6.18. The van der Waals surface area contributed by atoms with Crippen molar-refractivity contribution in [3.05, 3.63) is 84.6 Å². The van der Waals surface area contributed by atoms with Crippen molar-refractivity contribution in [2.24, 2.45) is 17.8 Å². The number of fused-ring (bicyclic) bond motifs is 1. The van der Waals surface area contributed by atoms with Gasteiger partial charge in [0.05, 0.1) is 49.2 Å². The average Bonchev–Trinajstić information content (AvgIpc) is 4.06. The van der Waals surface area contributed by atoms with E-state index in [4.69, 9.17) is 19.4 Å². The highest BCUT2D eigenvalue weighted by Crippen LogP contribution is 2.38. The minimum absolute atomic E-state index is 0.113. The second-order valence-electron chi connectivity index (χ2n) is 16.3. The summed E-state index contributed by atoms with van der Waals surface area (Å²) in [5, 5.41) is 5.39. The Morgan fingerprint density at radius 2 is 1.25 bits per heavy atom. The summed E-state index contributed by atoms with van der Waals surface area (Å²) in [6, 6.07) is 21.1. The van der Waals surface area contributed by atoms with Gasteiger partial charge in [-0.15, -0.1) is 0 Å².